The van der Waals surface area contributed by atoms with Crippen LogP contribution in [0.5, 0.6) is 11.5 Å². The number of ether oxygens (including phenoxy) is 3. The summed E-state index contributed by atoms with van der Waals surface area (Å²) < 4.78 is 16.3. The molecule has 5 nitrogen and oxygen atoms in total. The first kappa shape index (κ1) is 18.7. The smallest absolute Gasteiger partial charge is 0.161 e. The van der Waals surface area contributed by atoms with Crippen molar-refractivity contribution in [2.45, 2.75) is 25.0 Å². The van der Waals surface area contributed by atoms with Crippen molar-refractivity contribution < 1.29 is 19.3 Å². The van der Waals surface area contributed by atoms with Gasteiger partial charge in [0.05, 0.1) is 19.8 Å². The van der Waals surface area contributed by atoms with Crippen molar-refractivity contribution in [3.63, 3.8) is 0 Å². The van der Waals surface area contributed by atoms with Crippen LogP contribution in [0.15, 0.2) is 42.5 Å². The maximum absolute atomic E-state index is 10.6. The van der Waals surface area contributed by atoms with Gasteiger partial charge < -0.3 is 24.6 Å². The van der Waals surface area contributed by atoms with E-state index in [1.165, 1.54) is 0 Å². The topological polar surface area (TPSA) is 60.0 Å². The molecular formula is C21H27NO4. The van der Waals surface area contributed by atoms with E-state index in [0.29, 0.717) is 50.6 Å². The molecule has 0 atom stereocenters. The second-order valence-electron chi connectivity index (χ2n) is 6.67. The lowest BCUT2D eigenvalue weighted by Crippen LogP contribution is -2.44. The highest BCUT2D eigenvalue weighted by molar-refractivity contribution is 5.71. The van der Waals surface area contributed by atoms with Crippen LogP contribution in [0.1, 0.15) is 18.4 Å². The number of nitrogens with one attached hydrogen (secondary N) is 1. The zero-order valence-electron chi connectivity index (χ0n) is 15.5. The standard InChI is InChI=1S/C21H27NO4/c1-24-19-12-17(14-22-15-21(23)8-10-26-11-9-21)18(13-20(19)25-2)16-6-4-3-5-7-16/h3-7,12-13,22-23H,8-11,14-15H2,1-2H3. The number of hydrogen-bond donors (Lipinski definition) is 2. The molecule has 26 heavy (non-hydrogen) atoms. The molecule has 1 heterocycles. The lowest BCUT2D eigenvalue weighted by Gasteiger charge is -2.32. The number of rotatable bonds is 7. The lowest BCUT2D eigenvalue weighted by atomic mass is 9.94. The molecule has 3 rings (SSSR count). The number of aliphatic hydroxyl groups is 1. The Morgan fingerprint density at radius 2 is 1.69 bits per heavy atom. The third-order valence-electron chi connectivity index (χ3n) is 4.89. The average Bonchev–Trinajstić information content (AvgIpc) is 2.68. The van der Waals surface area contributed by atoms with Crippen molar-refractivity contribution in [3.8, 4) is 22.6 Å². The van der Waals surface area contributed by atoms with E-state index in [1.54, 1.807) is 14.2 Å². The Morgan fingerprint density at radius 1 is 1.04 bits per heavy atom. The van der Waals surface area contributed by atoms with Gasteiger partial charge in [-0.1, -0.05) is 30.3 Å². The molecule has 1 fully saturated rings. The SMILES string of the molecule is COc1cc(CNCC2(O)CCOCC2)c(-c2ccccc2)cc1OC. The van der Waals surface area contributed by atoms with Crippen LogP contribution >= 0.6 is 0 Å². The van der Waals surface area contributed by atoms with Crippen LogP contribution in [0.2, 0.25) is 0 Å². The molecule has 0 aliphatic carbocycles. The summed E-state index contributed by atoms with van der Waals surface area (Å²) in [5.74, 6) is 1.41. The van der Waals surface area contributed by atoms with E-state index in [9.17, 15) is 5.11 Å². The van der Waals surface area contributed by atoms with Gasteiger partial charge in [0, 0.05) is 39.1 Å². The first-order valence-electron chi connectivity index (χ1n) is 8.96. The van der Waals surface area contributed by atoms with Gasteiger partial charge in [-0.25, -0.2) is 0 Å². The fourth-order valence-electron chi connectivity index (χ4n) is 3.31. The van der Waals surface area contributed by atoms with Gasteiger partial charge >= 0.3 is 0 Å². The van der Waals surface area contributed by atoms with E-state index in [0.717, 1.165) is 16.7 Å². The Kier molecular flexibility index (Phi) is 6.14. The molecule has 2 aromatic rings. The Labute approximate surface area is 154 Å². The zero-order valence-corrected chi connectivity index (χ0v) is 15.5. The molecule has 0 amide bonds. The minimum atomic E-state index is -0.693. The maximum Gasteiger partial charge on any atom is 0.161 e. The molecule has 1 aliphatic heterocycles. The molecule has 5 heteroatoms. The van der Waals surface area contributed by atoms with Crippen LogP contribution < -0.4 is 14.8 Å². The van der Waals surface area contributed by atoms with Crippen molar-refractivity contribution in [2.75, 3.05) is 34.0 Å². The summed E-state index contributed by atoms with van der Waals surface area (Å²) in [4.78, 5) is 0. The monoisotopic (exact) mass is 357 g/mol. The quantitative estimate of drug-likeness (QED) is 0.798. The van der Waals surface area contributed by atoms with Crippen LogP contribution in [0.25, 0.3) is 11.1 Å². The van der Waals surface area contributed by atoms with Gasteiger partial charge in [-0.15, -0.1) is 0 Å². The van der Waals surface area contributed by atoms with E-state index in [-0.39, 0.29) is 0 Å². The summed E-state index contributed by atoms with van der Waals surface area (Å²) in [6.45, 7) is 2.40. The Morgan fingerprint density at radius 3 is 2.35 bits per heavy atom. The molecule has 2 aromatic carbocycles. The molecule has 0 aromatic heterocycles. The fourth-order valence-corrected chi connectivity index (χ4v) is 3.31. The summed E-state index contributed by atoms with van der Waals surface area (Å²) in [6.07, 6.45) is 1.33. The molecule has 0 unspecified atom stereocenters. The van der Waals surface area contributed by atoms with Crippen molar-refractivity contribution in [1.29, 1.82) is 0 Å². The van der Waals surface area contributed by atoms with Gasteiger partial charge in [0.25, 0.3) is 0 Å². The van der Waals surface area contributed by atoms with Gasteiger partial charge in [-0.05, 0) is 28.8 Å². The first-order valence-corrected chi connectivity index (χ1v) is 8.96. The highest BCUT2D eigenvalue weighted by Crippen LogP contribution is 2.35. The van der Waals surface area contributed by atoms with Crippen molar-refractivity contribution in [2.24, 2.45) is 0 Å². The predicted octanol–water partition coefficient (Wildman–Crippen LogP) is 3.00. The van der Waals surface area contributed by atoms with Gasteiger partial charge in [0.1, 0.15) is 0 Å². The molecule has 1 aliphatic rings. The van der Waals surface area contributed by atoms with Crippen LogP contribution in [-0.4, -0.2) is 44.7 Å². The Balaban J connectivity index is 1.82. The lowest BCUT2D eigenvalue weighted by molar-refractivity contribution is -0.0616. The summed E-state index contributed by atoms with van der Waals surface area (Å²) in [5, 5.41) is 14.0. The second-order valence-corrected chi connectivity index (χ2v) is 6.67. The summed E-state index contributed by atoms with van der Waals surface area (Å²) in [7, 11) is 3.28. The molecule has 0 radical (unpaired) electrons. The fraction of sp³-hybridized carbons (Fsp3) is 0.429. The highest BCUT2D eigenvalue weighted by Gasteiger charge is 2.29. The molecular weight excluding hydrogens is 330 g/mol. The van der Waals surface area contributed by atoms with Gasteiger partial charge in [0.15, 0.2) is 11.5 Å². The summed E-state index contributed by atoms with van der Waals surface area (Å²) in [5.41, 5.74) is 2.62. The van der Waals surface area contributed by atoms with E-state index in [2.05, 4.69) is 17.4 Å². The van der Waals surface area contributed by atoms with Crippen molar-refractivity contribution in [3.05, 3.63) is 48.0 Å². The first-order chi connectivity index (χ1) is 12.6. The minimum absolute atomic E-state index is 0.541. The van der Waals surface area contributed by atoms with Gasteiger partial charge in [0.2, 0.25) is 0 Å². The maximum atomic E-state index is 10.6. The van der Waals surface area contributed by atoms with Crippen LogP contribution in [0.4, 0.5) is 0 Å². The molecule has 140 valence electrons. The molecule has 2 N–H and O–H groups in total. The summed E-state index contributed by atoms with van der Waals surface area (Å²) in [6, 6.07) is 14.2. The summed E-state index contributed by atoms with van der Waals surface area (Å²) >= 11 is 0. The van der Waals surface area contributed by atoms with Crippen molar-refractivity contribution in [1.82, 2.24) is 5.32 Å². The second kappa shape index (κ2) is 8.54. The van der Waals surface area contributed by atoms with Gasteiger partial charge in [-0.3, -0.25) is 0 Å². The van der Waals surface area contributed by atoms with Crippen LogP contribution in [0.3, 0.4) is 0 Å². The largest absolute Gasteiger partial charge is 0.493 e. The number of hydrogen-bond acceptors (Lipinski definition) is 5. The Bertz CT molecular complexity index is 711. The van der Waals surface area contributed by atoms with Crippen molar-refractivity contribution >= 4 is 0 Å². The zero-order chi connectivity index (χ0) is 18.4. The molecule has 0 spiro atoms. The number of benzene rings is 2. The Hall–Kier alpha value is -2.08. The number of methoxy groups -OCH3 is 2. The molecule has 0 bridgehead atoms. The van der Waals surface area contributed by atoms with E-state index >= 15 is 0 Å². The van der Waals surface area contributed by atoms with Crippen LogP contribution in [-0.2, 0) is 11.3 Å². The minimum Gasteiger partial charge on any atom is -0.493 e. The predicted molar refractivity (Wildman–Crippen MR) is 102 cm³/mol. The average molecular weight is 357 g/mol. The van der Waals surface area contributed by atoms with Crippen LogP contribution in [0, 0.1) is 0 Å². The van der Waals surface area contributed by atoms with E-state index in [4.69, 9.17) is 14.2 Å². The van der Waals surface area contributed by atoms with E-state index < -0.39 is 5.60 Å². The third kappa shape index (κ3) is 4.36. The highest BCUT2D eigenvalue weighted by atomic mass is 16.5. The van der Waals surface area contributed by atoms with E-state index in [1.807, 2.05) is 30.3 Å². The molecule has 1 saturated heterocycles. The van der Waals surface area contributed by atoms with Gasteiger partial charge in [-0.2, -0.15) is 0 Å². The third-order valence-corrected chi connectivity index (χ3v) is 4.89. The molecule has 0 saturated carbocycles. The normalized spacial score (nSPS) is 16.3.